The van der Waals surface area contributed by atoms with Gasteiger partial charge in [0.05, 0.1) is 39.9 Å². The number of nitrogens with one attached hydrogen (secondary N) is 1. The van der Waals surface area contributed by atoms with Crippen LogP contribution in [0.5, 0.6) is 0 Å². The molecular weight excluding hydrogens is 816 g/mol. The third kappa shape index (κ3) is 47.4. The Bertz CT molecular complexity index is 1360. The molecule has 8 nitrogen and oxygen atoms in total. The van der Waals surface area contributed by atoms with E-state index in [0.717, 1.165) is 57.8 Å². The van der Waals surface area contributed by atoms with Crippen molar-refractivity contribution in [2.24, 2.45) is 0 Å². The minimum atomic E-state index is -4.63. The van der Waals surface area contributed by atoms with E-state index in [0.29, 0.717) is 23.9 Å². The van der Waals surface area contributed by atoms with Gasteiger partial charge in [-0.2, -0.15) is 0 Å². The van der Waals surface area contributed by atoms with Gasteiger partial charge in [0.2, 0.25) is 5.91 Å². The molecule has 0 aromatic carbocycles. The van der Waals surface area contributed by atoms with Crippen molar-refractivity contribution >= 4 is 13.7 Å². The topological polar surface area (TPSA) is 108 Å². The number of quaternary nitrogens is 1. The fraction of sp³-hybridized carbons (Fsp3) is 0.691. The van der Waals surface area contributed by atoms with Crippen molar-refractivity contribution in [1.29, 1.82) is 0 Å². The van der Waals surface area contributed by atoms with Crippen molar-refractivity contribution in [3.63, 3.8) is 0 Å². The maximum Gasteiger partial charge on any atom is 0.268 e. The van der Waals surface area contributed by atoms with Crippen molar-refractivity contribution in [2.45, 2.75) is 206 Å². The number of aliphatic hydroxyl groups excluding tert-OH is 1. The number of hydrogen-bond acceptors (Lipinski definition) is 6. The molecule has 1 amide bonds. The number of phosphoric acid groups is 1. The third-order valence-electron chi connectivity index (χ3n) is 10.8. The van der Waals surface area contributed by atoms with Crippen LogP contribution in [0.15, 0.2) is 97.2 Å². The summed E-state index contributed by atoms with van der Waals surface area (Å²) in [4.78, 5) is 25.4. The summed E-state index contributed by atoms with van der Waals surface area (Å²) in [5, 5.41) is 13.8. The molecule has 9 heteroatoms. The highest BCUT2D eigenvalue weighted by atomic mass is 31.2. The Balaban J connectivity index is 4.46. The Morgan fingerprint density at radius 3 is 1.45 bits per heavy atom. The quantitative estimate of drug-likeness (QED) is 0.0273. The van der Waals surface area contributed by atoms with Crippen LogP contribution in [0.3, 0.4) is 0 Å². The van der Waals surface area contributed by atoms with Gasteiger partial charge in [0.1, 0.15) is 13.2 Å². The molecule has 368 valence electrons. The lowest BCUT2D eigenvalue weighted by molar-refractivity contribution is -0.870. The van der Waals surface area contributed by atoms with Crippen molar-refractivity contribution in [3.8, 4) is 0 Å². The monoisotopic (exact) mass is 913 g/mol. The molecule has 0 aromatic rings. The number of nitrogens with zero attached hydrogens (tertiary/aromatic N) is 1. The van der Waals surface area contributed by atoms with Gasteiger partial charge in [0.15, 0.2) is 0 Å². The lowest BCUT2D eigenvalue weighted by Gasteiger charge is -2.29. The number of carbonyl (C=O) groups is 1. The predicted octanol–water partition coefficient (Wildman–Crippen LogP) is 14.5. The number of phosphoric ester groups is 1. The number of allylic oxidation sites excluding steroid dienone is 15. The average Bonchev–Trinajstić information content (AvgIpc) is 3.25. The average molecular weight is 913 g/mol. The van der Waals surface area contributed by atoms with Gasteiger partial charge in [-0.1, -0.05) is 201 Å². The van der Waals surface area contributed by atoms with Crippen LogP contribution >= 0.6 is 7.82 Å². The minimum absolute atomic E-state index is 0.0249. The Morgan fingerprint density at radius 1 is 0.562 bits per heavy atom. The zero-order valence-corrected chi connectivity index (χ0v) is 42.6. The molecular formula is C55H97N2O6P. The van der Waals surface area contributed by atoms with Crippen LogP contribution in [0.25, 0.3) is 0 Å². The Morgan fingerprint density at radius 2 is 0.969 bits per heavy atom. The standard InChI is InChI=1S/C55H97N2O6P/c1-6-8-10-12-14-16-18-20-22-24-25-26-27-28-29-30-31-33-34-36-38-40-42-44-46-48-54(58)53(52-63-64(60,61)62-51-50-57(3,4)5)56-55(59)49-47-45-43-41-39-37-35-32-23-21-19-17-15-13-11-9-7-2/h9,11,15,17,21,23,31,33,35,37-38,40-41,43,46,48,53-54,58H,6-8,10,12-14,16,18-20,22,24-30,32,34,36,39,42,44-45,47,49-52H2,1-5H3,(H-,56,59,60,61)/b11-9-,17-15-,23-21-,33-31+,37-35-,40-38+,43-41-,48-46+. The summed E-state index contributed by atoms with van der Waals surface area (Å²) < 4.78 is 23.2. The van der Waals surface area contributed by atoms with Gasteiger partial charge in [-0.3, -0.25) is 9.36 Å². The number of aliphatic hydroxyl groups is 1. The third-order valence-corrected chi connectivity index (χ3v) is 11.7. The summed E-state index contributed by atoms with van der Waals surface area (Å²) in [6.07, 6.45) is 64.9. The largest absolute Gasteiger partial charge is 0.756 e. The van der Waals surface area contributed by atoms with Gasteiger partial charge in [-0.05, 0) is 83.5 Å². The molecule has 0 fully saturated rings. The van der Waals surface area contributed by atoms with Crippen molar-refractivity contribution in [1.82, 2.24) is 5.32 Å². The molecule has 0 saturated heterocycles. The van der Waals surface area contributed by atoms with Gasteiger partial charge in [0, 0.05) is 6.42 Å². The first-order valence-electron chi connectivity index (χ1n) is 25.6. The fourth-order valence-electron chi connectivity index (χ4n) is 6.75. The number of likely N-dealkylation sites (N-methyl/N-ethyl adjacent to an activating group) is 1. The maximum absolute atomic E-state index is 12.9. The predicted molar refractivity (Wildman–Crippen MR) is 274 cm³/mol. The lowest BCUT2D eigenvalue weighted by atomic mass is 10.0. The number of amides is 1. The number of carbonyl (C=O) groups excluding carboxylic acids is 1. The lowest BCUT2D eigenvalue weighted by Crippen LogP contribution is -2.45. The van der Waals surface area contributed by atoms with Crippen molar-refractivity contribution < 1.29 is 32.9 Å². The Hall–Kier alpha value is -2.58. The second kappa shape index (κ2) is 45.6. The summed E-state index contributed by atoms with van der Waals surface area (Å²) in [6, 6.07) is -0.946. The molecule has 0 heterocycles. The Kier molecular flexibility index (Phi) is 43.7. The molecule has 3 atom stereocenters. The van der Waals surface area contributed by atoms with E-state index in [1.54, 1.807) is 6.08 Å². The maximum atomic E-state index is 12.9. The molecule has 0 saturated carbocycles. The molecule has 3 unspecified atom stereocenters. The van der Waals surface area contributed by atoms with Gasteiger partial charge >= 0.3 is 0 Å². The first kappa shape index (κ1) is 61.4. The molecule has 0 rings (SSSR count). The van der Waals surface area contributed by atoms with Crippen LogP contribution in [-0.2, 0) is 18.4 Å². The molecule has 0 aliphatic heterocycles. The highest BCUT2D eigenvalue weighted by Crippen LogP contribution is 2.38. The smallest absolute Gasteiger partial charge is 0.268 e. The SMILES string of the molecule is CC/C=C\C/C=C\C/C=C\C/C=C\C/C=C\CCCC(=O)NC(COP(=O)([O-])OCC[N+](C)(C)C)C(O)/C=C/CC/C=C/CC/C=C/CCCCCCCCCCCCCCCCC. The van der Waals surface area contributed by atoms with Crippen LogP contribution in [0, 0.1) is 0 Å². The van der Waals surface area contributed by atoms with E-state index < -0.39 is 26.6 Å². The minimum Gasteiger partial charge on any atom is -0.756 e. The van der Waals surface area contributed by atoms with Crippen LogP contribution in [-0.4, -0.2) is 68.5 Å². The molecule has 0 aromatic heterocycles. The summed E-state index contributed by atoms with van der Waals surface area (Å²) >= 11 is 0. The van der Waals surface area contributed by atoms with Crippen LogP contribution < -0.4 is 10.2 Å². The van der Waals surface area contributed by atoms with Gasteiger partial charge in [-0.25, -0.2) is 0 Å². The second-order valence-corrected chi connectivity index (χ2v) is 19.5. The molecule has 0 aliphatic carbocycles. The molecule has 64 heavy (non-hydrogen) atoms. The highest BCUT2D eigenvalue weighted by Gasteiger charge is 2.23. The fourth-order valence-corrected chi connectivity index (χ4v) is 7.47. The van der Waals surface area contributed by atoms with E-state index in [2.05, 4.69) is 104 Å². The van der Waals surface area contributed by atoms with Crippen LogP contribution in [0.2, 0.25) is 0 Å². The second-order valence-electron chi connectivity index (χ2n) is 18.1. The molecule has 0 radical (unpaired) electrons. The first-order valence-corrected chi connectivity index (χ1v) is 27.1. The number of unbranched alkanes of at least 4 members (excludes halogenated alkanes) is 18. The van der Waals surface area contributed by atoms with E-state index in [1.165, 1.54) is 103 Å². The zero-order chi connectivity index (χ0) is 47.1. The Labute approximate surface area is 394 Å². The van der Waals surface area contributed by atoms with E-state index >= 15 is 0 Å². The van der Waals surface area contributed by atoms with E-state index in [4.69, 9.17) is 9.05 Å². The normalized spacial score (nSPS) is 14.9. The summed E-state index contributed by atoms with van der Waals surface area (Å²) in [5.41, 5.74) is 0. The highest BCUT2D eigenvalue weighted by molar-refractivity contribution is 7.45. The van der Waals surface area contributed by atoms with Crippen LogP contribution in [0.1, 0.15) is 194 Å². The van der Waals surface area contributed by atoms with E-state index in [9.17, 15) is 19.4 Å². The van der Waals surface area contributed by atoms with Gasteiger partial charge in [-0.15, -0.1) is 0 Å². The number of rotatable bonds is 45. The van der Waals surface area contributed by atoms with Crippen LogP contribution in [0.4, 0.5) is 0 Å². The van der Waals surface area contributed by atoms with Crippen molar-refractivity contribution in [2.75, 3.05) is 40.9 Å². The number of hydrogen-bond donors (Lipinski definition) is 2. The van der Waals surface area contributed by atoms with Crippen molar-refractivity contribution in [3.05, 3.63) is 97.2 Å². The van der Waals surface area contributed by atoms with Gasteiger partial charge < -0.3 is 28.8 Å². The molecule has 0 spiro atoms. The summed E-state index contributed by atoms with van der Waals surface area (Å²) in [6.45, 7) is 4.45. The molecule has 2 N–H and O–H groups in total. The van der Waals surface area contributed by atoms with E-state index in [-0.39, 0.29) is 18.9 Å². The summed E-state index contributed by atoms with van der Waals surface area (Å²) in [7, 11) is 1.18. The first-order chi connectivity index (χ1) is 31.0. The van der Waals surface area contributed by atoms with E-state index in [1.807, 2.05) is 27.2 Å². The molecule has 0 aliphatic rings. The summed E-state index contributed by atoms with van der Waals surface area (Å²) in [5.74, 6) is -0.271. The zero-order valence-electron chi connectivity index (χ0n) is 41.7. The van der Waals surface area contributed by atoms with Gasteiger partial charge in [0.25, 0.3) is 7.82 Å². The molecule has 0 bridgehead atoms.